The molecule has 0 bridgehead atoms. The first-order chi connectivity index (χ1) is 8.05. The molecule has 0 aliphatic heterocycles. The topological polar surface area (TPSA) is 201 Å². The Morgan fingerprint density at radius 2 is 1.37 bits per heavy atom. The summed E-state index contributed by atoms with van der Waals surface area (Å²) in [6, 6.07) is 0. The van der Waals surface area contributed by atoms with Gasteiger partial charge < -0.3 is 40.9 Å². The van der Waals surface area contributed by atoms with Crippen LogP contribution in [-0.4, -0.2) is 89.1 Å². The molecule has 10 nitrogen and oxygen atoms in total. The molecule has 0 rings (SSSR count). The van der Waals surface area contributed by atoms with Crippen molar-refractivity contribution in [3.63, 3.8) is 0 Å². The fourth-order valence-electron chi connectivity index (χ4n) is 0.703. The largest absolute Gasteiger partial charge is 2.00 e. The number of nitrogens with two attached hydrogens (primary N) is 1. The zero-order valence-electron chi connectivity index (χ0n) is 9.70. The summed E-state index contributed by atoms with van der Waals surface area (Å²) in [6.45, 7) is -0.389. The standard InChI is InChI=1S/C6H8O7.C2H5NO2.Ca/c7-3(8)1-6(13,5(11)12)2-4(9)10;3-1-2(4)5;/h13H,1-2H2,(H,7,8)(H,9,10)(H,11,12);1,3H2,(H,4,5);/q;;+2/p-2. The van der Waals surface area contributed by atoms with E-state index in [1.54, 1.807) is 0 Å². The molecule has 0 saturated heterocycles. The van der Waals surface area contributed by atoms with Crippen LogP contribution in [0.2, 0.25) is 0 Å². The predicted octanol–water partition coefficient (Wildman–Crippen LogP) is -5.27. The molecule has 5 N–H and O–H groups in total. The summed E-state index contributed by atoms with van der Waals surface area (Å²) >= 11 is 0. The van der Waals surface area contributed by atoms with Gasteiger partial charge >= 0.3 is 49.7 Å². The van der Waals surface area contributed by atoms with Gasteiger partial charge in [0.05, 0.1) is 12.4 Å². The second-order valence-corrected chi connectivity index (χ2v) is 3.03. The Hall–Kier alpha value is -0.940. The third-order valence-corrected chi connectivity index (χ3v) is 1.45. The molecule has 1 atom stereocenters. The summed E-state index contributed by atoms with van der Waals surface area (Å²) in [7, 11) is 0. The molecule has 0 amide bonds. The molecule has 0 aromatic rings. The molecule has 104 valence electrons. The molecule has 0 aromatic carbocycles. The molecule has 0 aromatic heterocycles. The fraction of sp³-hybridized carbons (Fsp3) is 0.500. The van der Waals surface area contributed by atoms with Crippen molar-refractivity contribution in [2.75, 3.05) is 6.54 Å². The molecule has 11 heteroatoms. The van der Waals surface area contributed by atoms with Crippen LogP contribution in [0.3, 0.4) is 0 Å². The van der Waals surface area contributed by atoms with Crippen LogP contribution in [0.1, 0.15) is 12.8 Å². The van der Waals surface area contributed by atoms with Gasteiger partial charge in [0.15, 0.2) is 5.60 Å². The van der Waals surface area contributed by atoms with Crippen LogP contribution in [0.25, 0.3) is 0 Å². The van der Waals surface area contributed by atoms with Crippen molar-refractivity contribution in [2.24, 2.45) is 5.73 Å². The smallest absolute Gasteiger partial charge is 0.550 e. The second-order valence-electron chi connectivity index (χ2n) is 3.03. The predicted molar refractivity (Wildman–Crippen MR) is 54.3 cm³/mol. The molecule has 0 spiro atoms. The third kappa shape index (κ3) is 13.3. The van der Waals surface area contributed by atoms with E-state index in [9.17, 15) is 19.5 Å². The minimum atomic E-state index is -2.80. The van der Waals surface area contributed by atoms with E-state index in [1.165, 1.54) is 0 Å². The van der Waals surface area contributed by atoms with Gasteiger partial charge in [0, 0.05) is 18.9 Å². The Balaban J connectivity index is -0.000000366. The summed E-state index contributed by atoms with van der Waals surface area (Å²) in [6.07, 6.45) is -2.44. The van der Waals surface area contributed by atoms with Gasteiger partial charge in [-0.1, -0.05) is 0 Å². The van der Waals surface area contributed by atoms with Gasteiger partial charge in [-0.05, 0) is 0 Å². The van der Waals surface area contributed by atoms with Crippen LogP contribution in [0.4, 0.5) is 0 Å². The Bertz CT molecular complexity index is 327. The number of aliphatic carboxylic acids is 4. The number of hydrogen-bond acceptors (Lipinski definition) is 8. The third-order valence-electron chi connectivity index (χ3n) is 1.45. The van der Waals surface area contributed by atoms with E-state index in [-0.39, 0.29) is 44.3 Å². The van der Waals surface area contributed by atoms with Gasteiger partial charge in [-0.2, -0.15) is 0 Å². The van der Waals surface area contributed by atoms with Crippen LogP contribution in [0, 0.1) is 0 Å². The van der Waals surface area contributed by atoms with E-state index >= 15 is 0 Å². The number of carboxylic acids is 4. The first kappa shape index (κ1) is 23.2. The summed E-state index contributed by atoms with van der Waals surface area (Å²) in [4.78, 5) is 39.5. The quantitative estimate of drug-likeness (QED) is 0.343. The van der Waals surface area contributed by atoms with Gasteiger partial charge in [-0.3, -0.25) is 4.79 Å². The Morgan fingerprint density at radius 3 is 1.53 bits per heavy atom. The van der Waals surface area contributed by atoms with E-state index in [4.69, 9.17) is 25.2 Å². The van der Waals surface area contributed by atoms with Crippen LogP contribution in [0.5, 0.6) is 0 Å². The summed E-state index contributed by atoms with van der Waals surface area (Å²) < 4.78 is 0. The van der Waals surface area contributed by atoms with Crippen molar-refractivity contribution in [1.29, 1.82) is 0 Å². The van der Waals surface area contributed by atoms with Crippen molar-refractivity contribution in [3.05, 3.63) is 0 Å². The van der Waals surface area contributed by atoms with Crippen LogP contribution in [0.15, 0.2) is 0 Å². The molecular weight excluding hydrogens is 294 g/mol. The van der Waals surface area contributed by atoms with Crippen LogP contribution in [-0.2, 0) is 19.2 Å². The van der Waals surface area contributed by atoms with Crippen molar-refractivity contribution in [3.8, 4) is 0 Å². The summed E-state index contributed by atoms with van der Waals surface area (Å²) in [5, 5.41) is 44.6. The van der Waals surface area contributed by atoms with Gasteiger partial charge in [-0.25, -0.2) is 4.79 Å². The van der Waals surface area contributed by atoms with Gasteiger partial charge in [0.25, 0.3) is 0 Å². The number of aliphatic hydroxyl groups is 1. The molecule has 0 fully saturated rings. The van der Waals surface area contributed by atoms with Crippen molar-refractivity contribution < 1.29 is 44.7 Å². The molecule has 19 heavy (non-hydrogen) atoms. The van der Waals surface area contributed by atoms with E-state index in [0.717, 1.165) is 0 Å². The van der Waals surface area contributed by atoms with Crippen molar-refractivity contribution in [2.45, 2.75) is 18.4 Å². The number of hydrogen-bond donors (Lipinski definition) is 4. The minimum Gasteiger partial charge on any atom is -0.550 e. The molecule has 1 unspecified atom stereocenters. The first-order valence-electron chi connectivity index (χ1n) is 4.32. The summed E-state index contributed by atoms with van der Waals surface area (Å²) in [5.74, 6) is -6.55. The Kier molecular flexibility index (Phi) is 13.3. The average Bonchev–Trinajstić information content (AvgIpc) is 2.15. The SMILES string of the molecule is NCC(=O)[O-].O=C([O-])CC(O)(CC(=O)O)C(=O)O.[Ca+2]. The zero-order chi connectivity index (χ0) is 14.9. The van der Waals surface area contributed by atoms with Crippen molar-refractivity contribution in [1.82, 2.24) is 0 Å². The average molecular weight is 305 g/mol. The Labute approximate surface area is 136 Å². The number of carboxylic acid groups (broad SMARTS) is 4. The van der Waals surface area contributed by atoms with Gasteiger partial charge in [-0.15, -0.1) is 0 Å². The molecule has 0 radical (unpaired) electrons. The Morgan fingerprint density at radius 1 is 1.00 bits per heavy atom. The molecule has 0 saturated carbocycles. The van der Waals surface area contributed by atoms with E-state index in [0.29, 0.717) is 0 Å². The fourth-order valence-corrected chi connectivity index (χ4v) is 0.703. The molecule has 0 heterocycles. The van der Waals surface area contributed by atoms with E-state index < -0.39 is 42.3 Å². The van der Waals surface area contributed by atoms with Crippen molar-refractivity contribution >= 4 is 61.6 Å². The second kappa shape index (κ2) is 10.9. The summed E-state index contributed by atoms with van der Waals surface area (Å²) in [5.41, 5.74) is 1.71. The van der Waals surface area contributed by atoms with E-state index in [1.807, 2.05) is 0 Å². The maximum absolute atomic E-state index is 10.3. The zero-order valence-corrected chi connectivity index (χ0v) is 11.9. The van der Waals surface area contributed by atoms with Gasteiger partial charge in [0.2, 0.25) is 0 Å². The molecule has 0 aliphatic carbocycles. The van der Waals surface area contributed by atoms with Crippen LogP contribution < -0.4 is 15.9 Å². The van der Waals surface area contributed by atoms with Gasteiger partial charge in [0.1, 0.15) is 0 Å². The maximum atomic E-state index is 10.3. The molecule has 0 aliphatic rings. The van der Waals surface area contributed by atoms with Crippen LogP contribution >= 0.6 is 0 Å². The minimum absolute atomic E-state index is 0. The maximum Gasteiger partial charge on any atom is 2.00 e. The number of carbonyl (C=O) groups is 4. The van der Waals surface area contributed by atoms with E-state index in [2.05, 4.69) is 5.73 Å². The monoisotopic (exact) mass is 305 g/mol. The number of rotatable bonds is 6. The normalized spacial score (nSPS) is 11.9. The number of carbonyl (C=O) groups excluding carboxylic acids is 2. The molecular formula is C8H11CaNO9. The first-order valence-corrected chi connectivity index (χ1v) is 4.32.